The molecule has 1 aliphatic rings. The van der Waals surface area contributed by atoms with Crippen LogP contribution in [-0.4, -0.2) is 41.9 Å². The van der Waals surface area contributed by atoms with Crippen molar-refractivity contribution in [2.24, 2.45) is 0 Å². The van der Waals surface area contributed by atoms with Gasteiger partial charge in [-0.1, -0.05) is 23.8 Å². The minimum absolute atomic E-state index is 0.0589. The first-order chi connectivity index (χ1) is 11.2. The fourth-order valence-corrected chi connectivity index (χ4v) is 3.58. The number of nitrogens with zero attached hydrogens (tertiary/aromatic N) is 2. The molecule has 7 heteroatoms. The van der Waals surface area contributed by atoms with Crippen molar-refractivity contribution in [3.8, 4) is 5.75 Å². The molecule has 23 heavy (non-hydrogen) atoms. The van der Waals surface area contributed by atoms with Crippen LogP contribution in [0.3, 0.4) is 0 Å². The zero-order chi connectivity index (χ0) is 16.2. The van der Waals surface area contributed by atoms with Crippen molar-refractivity contribution < 1.29 is 14.3 Å². The number of thiazole rings is 1. The Morgan fingerprint density at radius 2 is 2.26 bits per heavy atom. The molecule has 1 saturated heterocycles. The van der Waals surface area contributed by atoms with E-state index in [4.69, 9.17) is 4.74 Å². The Hall–Kier alpha value is -2.15. The number of ether oxygens (including phenoxy) is 1. The standard InChI is InChI=1S/C16H19N3O3S/c1-22-11-6-5-7-12-15(11)18-16(23-12)17-13(20)10-19-9-4-2-3-8-14(19)21/h5-7H,2-4,8-10H2,1H3,(H,17,18,20). The van der Waals surface area contributed by atoms with Gasteiger partial charge in [-0.2, -0.15) is 0 Å². The number of carbonyl (C=O) groups is 2. The number of hydrogen-bond acceptors (Lipinski definition) is 5. The normalized spacial score (nSPS) is 15.5. The molecule has 0 spiro atoms. The first-order valence-corrected chi connectivity index (χ1v) is 8.50. The quantitative estimate of drug-likeness (QED) is 0.934. The second-order valence-electron chi connectivity index (χ2n) is 5.50. The fraction of sp³-hybridized carbons (Fsp3) is 0.438. The van der Waals surface area contributed by atoms with Gasteiger partial charge in [0.25, 0.3) is 0 Å². The summed E-state index contributed by atoms with van der Waals surface area (Å²) in [4.78, 5) is 30.2. The van der Waals surface area contributed by atoms with E-state index in [1.54, 1.807) is 12.0 Å². The zero-order valence-corrected chi connectivity index (χ0v) is 13.8. The van der Waals surface area contributed by atoms with Gasteiger partial charge in [-0.15, -0.1) is 0 Å². The van der Waals surface area contributed by atoms with E-state index >= 15 is 0 Å². The number of fused-ring (bicyclic) bond motifs is 1. The second-order valence-corrected chi connectivity index (χ2v) is 6.53. The lowest BCUT2D eigenvalue weighted by Gasteiger charge is -2.19. The molecular weight excluding hydrogens is 314 g/mol. The highest BCUT2D eigenvalue weighted by Crippen LogP contribution is 2.32. The predicted molar refractivity (Wildman–Crippen MR) is 89.8 cm³/mol. The molecule has 1 N–H and O–H groups in total. The van der Waals surface area contributed by atoms with Crippen molar-refractivity contribution in [2.75, 3.05) is 25.5 Å². The van der Waals surface area contributed by atoms with E-state index in [1.165, 1.54) is 11.3 Å². The number of aromatic nitrogens is 1. The van der Waals surface area contributed by atoms with Gasteiger partial charge in [-0.3, -0.25) is 9.59 Å². The molecule has 6 nitrogen and oxygen atoms in total. The van der Waals surface area contributed by atoms with Gasteiger partial charge in [0.2, 0.25) is 11.8 Å². The maximum absolute atomic E-state index is 12.2. The van der Waals surface area contributed by atoms with Crippen LogP contribution in [-0.2, 0) is 9.59 Å². The molecule has 2 aromatic rings. The molecule has 0 unspecified atom stereocenters. The lowest BCUT2D eigenvalue weighted by Crippen LogP contribution is -2.37. The molecule has 1 fully saturated rings. The van der Waals surface area contributed by atoms with Gasteiger partial charge in [-0.05, 0) is 25.0 Å². The number of likely N-dealkylation sites (tertiary alicyclic amines) is 1. The third kappa shape index (κ3) is 3.61. The highest BCUT2D eigenvalue weighted by Gasteiger charge is 2.20. The number of methoxy groups -OCH3 is 1. The maximum Gasteiger partial charge on any atom is 0.245 e. The molecule has 0 saturated carbocycles. The maximum atomic E-state index is 12.2. The average molecular weight is 333 g/mol. The lowest BCUT2D eigenvalue weighted by atomic mass is 10.2. The van der Waals surface area contributed by atoms with Crippen molar-refractivity contribution in [1.29, 1.82) is 0 Å². The Balaban J connectivity index is 1.69. The van der Waals surface area contributed by atoms with Crippen LogP contribution in [0.15, 0.2) is 18.2 Å². The molecule has 1 aromatic heterocycles. The van der Waals surface area contributed by atoms with Gasteiger partial charge < -0.3 is 15.0 Å². The Bertz CT molecular complexity index is 728. The largest absolute Gasteiger partial charge is 0.494 e. The topological polar surface area (TPSA) is 71.5 Å². The van der Waals surface area contributed by atoms with Crippen LogP contribution >= 0.6 is 11.3 Å². The van der Waals surface area contributed by atoms with Crippen LogP contribution in [0.4, 0.5) is 5.13 Å². The zero-order valence-electron chi connectivity index (χ0n) is 13.0. The summed E-state index contributed by atoms with van der Waals surface area (Å²) in [5, 5.41) is 3.31. The third-order valence-corrected chi connectivity index (χ3v) is 4.79. The van der Waals surface area contributed by atoms with Crippen LogP contribution < -0.4 is 10.1 Å². The molecule has 0 atom stereocenters. The summed E-state index contributed by atoms with van der Waals surface area (Å²) in [5.74, 6) is 0.531. The van der Waals surface area contributed by atoms with Crippen LogP contribution in [0.25, 0.3) is 10.2 Å². The van der Waals surface area contributed by atoms with Crippen LogP contribution in [0, 0.1) is 0 Å². The van der Waals surface area contributed by atoms with E-state index < -0.39 is 0 Å². The van der Waals surface area contributed by atoms with Gasteiger partial charge >= 0.3 is 0 Å². The molecular formula is C16H19N3O3S. The number of benzene rings is 1. The molecule has 0 aliphatic carbocycles. The summed E-state index contributed by atoms with van der Waals surface area (Å²) < 4.78 is 6.22. The van der Waals surface area contributed by atoms with E-state index in [-0.39, 0.29) is 18.4 Å². The Morgan fingerprint density at radius 3 is 3.09 bits per heavy atom. The number of amides is 2. The molecule has 3 rings (SSSR count). The summed E-state index contributed by atoms with van der Waals surface area (Å²) >= 11 is 1.40. The van der Waals surface area contributed by atoms with Crippen molar-refractivity contribution in [2.45, 2.75) is 25.7 Å². The Morgan fingerprint density at radius 1 is 1.39 bits per heavy atom. The monoisotopic (exact) mass is 333 g/mol. The van der Waals surface area contributed by atoms with Gasteiger partial charge in [0, 0.05) is 13.0 Å². The van der Waals surface area contributed by atoms with Crippen molar-refractivity contribution in [1.82, 2.24) is 9.88 Å². The summed E-state index contributed by atoms with van der Waals surface area (Å²) in [5.41, 5.74) is 0.737. The number of hydrogen-bond donors (Lipinski definition) is 1. The summed E-state index contributed by atoms with van der Waals surface area (Å²) in [6.45, 7) is 0.742. The van der Waals surface area contributed by atoms with Crippen molar-refractivity contribution in [3.05, 3.63) is 18.2 Å². The summed E-state index contributed by atoms with van der Waals surface area (Å²) in [6.07, 6.45) is 3.44. The van der Waals surface area contributed by atoms with E-state index in [1.807, 2.05) is 18.2 Å². The van der Waals surface area contributed by atoms with Gasteiger partial charge in [0.1, 0.15) is 11.3 Å². The fourth-order valence-electron chi connectivity index (χ4n) is 2.68. The Labute approximate surface area is 138 Å². The highest BCUT2D eigenvalue weighted by molar-refractivity contribution is 7.22. The highest BCUT2D eigenvalue weighted by atomic mass is 32.1. The van der Waals surface area contributed by atoms with Crippen LogP contribution in [0.5, 0.6) is 5.75 Å². The molecule has 122 valence electrons. The molecule has 0 bridgehead atoms. The van der Waals surface area contributed by atoms with Crippen LogP contribution in [0.1, 0.15) is 25.7 Å². The number of para-hydroxylation sites is 1. The smallest absolute Gasteiger partial charge is 0.245 e. The SMILES string of the molecule is COc1cccc2sc(NC(=O)CN3CCCCCC3=O)nc12. The number of nitrogens with one attached hydrogen (secondary N) is 1. The van der Waals surface area contributed by atoms with E-state index in [0.717, 1.165) is 29.5 Å². The lowest BCUT2D eigenvalue weighted by molar-refractivity contribution is -0.134. The molecule has 1 aliphatic heterocycles. The van der Waals surface area contributed by atoms with Gasteiger partial charge in [0.15, 0.2) is 5.13 Å². The Kier molecular flexibility index (Phi) is 4.76. The van der Waals surface area contributed by atoms with E-state index in [2.05, 4.69) is 10.3 Å². The first kappa shape index (κ1) is 15.7. The van der Waals surface area contributed by atoms with Crippen LogP contribution in [0.2, 0.25) is 0 Å². The first-order valence-electron chi connectivity index (χ1n) is 7.68. The minimum Gasteiger partial charge on any atom is -0.494 e. The number of anilines is 1. The summed E-state index contributed by atoms with van der Waals surface area (Å²) in [7, 11) is 1.59. The number of rotatable bonds is 4. The van der Waals surface area contributed by atoms with Gasteiger partial charge in [-0.25, -0.2) is 4.98 Å². The third-order valence-electron chi connectivity index (χ3n) is 3.85. The summed E-state index contributed by atoms with van der Waals surface area (Å²) in [6, 6.07) is 5.66. The predicted octanol–water partition coefficient (Wildman–Crippen LogP) is 2.65. The van der Waals surface area contributed by atoms with Gasteiger partial charge in [0.05, 0.1) is 18.4 Å². The van der Waals surface area contributed by atoms with Crippen molar-refractivity contribution >= 4 is 38.5 Å². The average Bonchev–Trinajstić information content (AvgIpc) is 2.84. The van der Waals surface area contributed by atoms with E-state index in [0.29, 0.717) is 23.8 Å². The molecule has 0 radical (unpaired) electrons. The molecule has 1 aromatic carbocycles. The second kappa shape index (κ2) is 6.95. The van der Waals surface area contributed by atoms with E-state index in [9.17, 15) is 9.59 Å². The van der Waals surface area contributed by atoms with Crippen molar-refractivity contribution in [3.63, 3.8) is 0 Å². The molecule has 2 amide bonds. The molecule has 2 heterocycles. The number of carbonyl (C=O) groups excluding carboxylic acids is 2. The minimum atomic E-state index is -0.210.